The molecule has 1 aliphatic heterocycles. The van der Waals surface area contributed by atoms with Gasteiger partial charge in [-0.2, -0.15) is 0 Å². The van der Waals surface area contributed by atoms with Crippen molar-refractivity contribution in [1.29, 1.82) is 0 Å². The molecule has 1 aliphatic rings. The molecule has 1 aromatic carbocycles. The highest BCUT2D eigenvalue weighted by Crippen LogP contribution is 2.37. The zero-order valence-corrected chi connectivity index (χ0v) is 18.3. The second-order valence-corrected chi connectivity index (χ2v) is 8.29. The summed E-state index contributed by atoms with van der Waals surface area (Å²) in [4.78, 5) is 36.7. The van der Waals surface area contributed by atoms with Gasteiger partial charge in [-0.3, -0.25) is 19.6 Å². The van der Waals surface area contributed by atoms with Crippen LogP contribution in [0.1, 0.15) is 35.7 Å². The van der Waals surface area contributed by atoms with E-state index in [4.69, 9.17) is 0 Å². The number of amides is 2. The summed E-state index contributed by atoms with van der Waals surface area (Å²) >= 11 is 0. The number of nitrogens with zero attached hydrogens (tertiary/aromatic N) is 3. The van der Waals surface area contributed by atoms with Crippen molar-refractivity contribution in [2.24, 2.45) is 5.41 Å². The van der Waals surface area contributed by atoms with Crippen LogP contribution in [0.5, 0.6) is 0 Å². The Morgan fingerprint density at radius 2 is 1.81 bits per heavy atom. The van der Waals surface area contributed by atoms with E-state index in [0.717, 1.165) is 29.5 Å². The van der Waals surface area contributed by atoms with Gasteiger partial charge in [0.25, 0.3) is 5.91 Å². The third kappa shape index (κ3) is 4.54. The molecule has 1 fully saturated rings. The van der Waals surface area contributed by atoms with Crippen LogP contribution >= 0.6 is 0 Å². The molecule has 4 rings (SSSR count). The lowest BCUT2D eigenvalue weighted by atomic mass is 9.73. The summed E-state index contributed by atoms with van der Waals surface area (Å²) in [5, 5.41) is 3.03. The van der Waals surface area contributed by atoms with Crippen molar-refractivity contribution >= 4 is 11.8 Å². The van der Waals surface area contributed by atoms with E-state index >= 15 is 0 Å². The molecule has 32 heavy (non-hydrogen) atoms. The smallest absolute Gasteiger partial charge is 0.255 e. The highest BCUT2D eigenvalue weighted by Gasteiger charge is 2.43. The zero-order chi connectivity index (χ0) is 22.4. The fourth-order valence-corrected chi connectivity index (χ4v) is 4.58. The van der Waals surface area contributed by atoms with Crippen molar-refractivity contribution in [3.05, 3.63) is 84.4 Å². The molecule has 0 bridgehead atoms. The van der Waals surface area contributed by atoms with Crippen LogP contribution in [0.3, 0.4) is 0 Å². The number of nitrogens with one attached hydrogen (secondary N) is 1. The van der Waals surface area contributed by atoms with Crippen molar-refractivity contribution < 1.29 is 9.59 Å². The highest BCUT2D eigenvalue weighted by molar-refractivity contribution is 5.94. The minimum absolute atomic E-state index is 0.00433. The van der Waals surface area contributed by atoms with E-state index in [1.54, 1.807) is 30.7 Å². The molecule has 6 heteroatoms. The van der Waals surface area contributed by atoms with Crippen LogP contribution in [0.15, 0.2) is 73.3 Å². The molecule has 2 aromatic heterocycles. The minimum Gasteiger partial charge on any atom is -0.356 e. The molecule has 0 aliphatic carbocycles. The number of hydrogen-bond donors (Lipinski definition) is 1. The lowest BCUT2D eigenvalue weighted by molar-refractivity contribution is -0.133. The summed E-state index contributed by atoms with van der Waals surface area (Å²) in [5.74, 6) is -0.0725. The monoisotopic (exact) mass is 428 g/mol. The van der Waals surface area contributed by atoms with Crippen molar-refractivity contribution in [1.82, 2.24) is 20.2 Å². The van der Waals surface area contributed by atoms with E-state index in [2.05, 4.69) is 27.4 Å². The van der Waals surface area contributed by atoms with Crippen molar-refractivity contribution in [3.8, 4) is 11.1 Å². The molecule has 0 unspecified atom stereocenters. The standard InChI is InChI=1S/C26H28N4O2/c1-2-29-25(32)26(12-7-15-30(19-26)24(31)22-10-6-14-28-18-22)16-20-8-3-4-11-23(20)21-9-5-13-27-17-21/h3-6,8-11,13-14,17-18H,2,7,12,15-16,19H2,1H3,(H,29,32)/t26-/m1/s1. The van der Waals surface area contributed by atoms with Crippen molar-refractivity contribution in [2.45, 2.75) is 26.2 Å². The Morgan fingerprint density at radius 3 is 2.53 bits per heavy atom. The van der Waals surface area contributed by atoms with Gasteiger partial charge in [-0.15, -0.1) is 0 Å². The average molecular weight is 429 g/mol. The Bertz CT molecular complexity index is 1070. The van der Waals surface area contributed by atoms with Gasteiger partial charge in [0.15, 0.2) is 0 Å². The van der Waals surface area contributed by atoms with Gasteiger partial charge in [0, 0.05) is 50.0 Å². The Kier molecular flexibility index (Phi) is 6.59. The number of likely N-dealkylation sites (tertiary alicyclic amines) is 1. The first-order valence-corrected chi connectivity index (χ1v) is 11.1. The summed E-state index contributed by atoms with van der Waals surface area (Å²) in [6.45, 7) is 3.50. The highest BCUT2D eigenvalue weighted by atomic mass is 16.2. The van der Waals surface area contributed by atoms with Crippen LogP contribution in [0.25, 0.3) is 11.1 Å². The van der Waals surface area contributed by atoms with Crippen LogP contribution in [0.4, 0.5) is 0 Å². The average Bonchev–Trinajstić information content (AvgIpc) is 2.85. The molecule has 0 spiro atoms. The number of hydrogen-bond acceptors (Lipinski definition) is 4. The van der Waals surface area contributed by atoms with Crippen LogP contribution in [-0.2, 0) is 11.2 Å². The molecule has 6 nitrogen and oxygen atoms in total. The predicted molar refractivity (Wildman–Crippen MR) is 124 cm³/mol. The van der Waals surface area contributed by atoms with Gasteiger partial charge >= 0.3 is 0 Å². The summed E-state index contributed by atoms with van der Waals surface area (Å²) in [6, 6.07) is 15.6. The van der Waals surface area contributed by atoms with Crippen molar-refractivity contribution in [2.75, 3.05) is 19.6 Å². The Balaban J connectivity index is 1.68. The normalized spacial score (nSPS) is 18.2. The summed E-state index contributed by atoms with van der Waals surface area (Å²) in [6.07, 6.45) is 8.90. The Morgan fingerprint density at radius 1 is 1.03 bits per heavy atom. The largest absolute Gasteiger partial charge is 0.356 e. The van der Waals surface area contributed by atoms with Gasteiger partial charge in [-0.05, 0) is 55.5 Å². The number of carbonyl (C=O) groups excluding carboxylic acids is 2. The predicted octanol–water partition coefficient (Wildman–Crippen LogP) is 3.74. The number of rotatable bonds is 6. The van der Waals surface area contributed by atoms with Crippen LogP contribution in [0.2, 0.25) is 0 Å². The Labute approximate surface area is 188 Å². The van der Waals surface area contributed by atoms with Gasteiger partial charge in [0.1, 0.15) is 0 Å². The number of carbonyl (C=O) groups is 2. The summed E-state index contributed by atoms with van der Waals surface area (Å²) in [5.41, 5.74) is 3.04. The lowest BCUT2D eigenvalue weighted by Crippen LogP contribution is -2.54. The fraction of sp³-hybridized carbons (Fsp3) is 0.308. The van der Waals surface area contributed by atoms with Gasteiger partial charge in [-0.25, -0.2) is 0 Å². The second kappa shape index (κ2) is 9.73. The topological polar surface area (TPSA) is 75.2 Å². The second-order valence-electron chi connectivity index (χ2n) is 8.29. The Hall–Kier alpha value is -3.54. The number of aromatic nitrogens is 2. The van der Waals surface area contributed by atoms with Crippen molar-refractivity contribution in [3.63, 3.8) is 0 Å². The van der Waals surface area contributed by atoms with Crippen LogP contribution < -0.4 is 5.32 Å². The maximum absolute atomic E-state index is 13.4. The molecular weight excluding hydrogens is 400 g/mol. The van der Waals surface area contributed by atoms with Gasteiger partial charge in [-0.1, -0.05) is 30.3 Å². The summed E-state index contributed by atoms with van der Waals surface area (Å²) < 4.78 is 0. The molecule has 164 valence electrons. The zero-order valence-electron chi connectivity index (χ0n) is 18.3. The van der Waals surface area contributed by atoms with E-state index in [-0.39, 0.29) is 11.8 Å². The first kappa shape index (κ1) is 21.7. The van der Waals surface area contributed by atoms with Gasteiger partial charge in [0.05, 0.1) is 11.0 Å². The first-order chi connectivity index (χ1) is 15.6. The lowest BCUT2D eigenvalue weighted by Gasteiger charge is -2.42. The molecule has 3 heterocycles. The quantitative estimate of drug-likeness (QED) is 0.649. The number of piperidine rings is 1. The molecule has 1 N–H and O–H groups in total. The van der Waals surface area contributed by atoms with E-state index in [0.29, 0.717) is 31.6 Å². The van der Waals surface area contributed by atoms with E-state index in [9.17, 15) is 9.59 Å². The minimum atomic E-state index is -0.690. The van der Waals surface area contributed by atoms with E-state index in [1.807, 2.05) is 42.3 Å². The number of pyridine rings is 2. The SMILES string of the molecule is CCNC(=O)[C@@]1(Cc2ccccc2-c2cccnc2)CCCN(C(=O)c2cccnc2)C1. The third-order valence-corrected chi connectivity index (χ3v) is 6.11. The molecule has 0 radical (unpaired) electrons. The van der Waals surface area contributed by atoms with Gasteiger partial charge < -0.3 is 10.2 Å². The molecular formula is C26H28N4O2. The van der Waals surface area contributed by atoms with E-state index < -0.39 is 5.41 Å². The van der Waals surface area contributed by atoms with Gasteiger partial charge in [0.2, 0.25) is 5.91 Å². The van der Waals surface area contributed by atoms with Crippen LogP contribution in [-0.4, -0.2) is 46.3 Å². The van der Waals surface area contributed by atoms with Crippen LogP contribution in [0, 0.1) is 5.41 Å². The summed E-state index contributed by atoms with van der Waals surface area (Å²) in [7, 11) is 0. The van der Waals surface area contributed by atoms with E-state index in [1.165, 1.54) is 0 Å². The molecule has 1 saturated heterocycles. The first-order valence-electron chi connectivity index (χ1n) is 11.1. The fourth-order valence-electron chi connectivity index (χ4n) is 4.58. The molecule has 0 saturated carbocycles. The maximum atomic E-state index is 13.4. The maximum Gasteiger partial charge on any atom is 0.255 e. The molecule has 2 amide bonds. The third-order valence-electron chi connectivity index (χ3n) is 6.11. The molecule has 3 aromatic rings. The number of benzene rings is 1. The molecule has 1 atom stereocenters.